The van der Waals surface area contributed by atoms with Crippen LogP contribution >= 0.6 is 0 Å². The zero-order chi connectivity index (χ0) is 38.6. The number of amides is 4. The molecule has 0 radical (unpaired) electrons. The van der Waals surface area contributed by atoms with Crippen LogP contribution in [0.5, 0.6) is 5.75 Å². The summed E-state index contributed by atoms with van der Waals surface area (Å²) in [5.74, 6) is -0.0927. The molecule has 2 saturated heterocycles. The van der Waals surface area contributed by atoms with Gasteiger partial charge in [0.15, 0.2) is 0 Å². The fourth-order valence-electron chi connectivity index (χ4n) is 8.10. The average Bonchev–Trinajstić information content (AvgIpc) is 3.20. The third-order valence-corrected chi connectivity index (χ3v) is 11.1. The van der Waals surface area contributed by atoms with Crippen molar-refractivity contribution >= 4 is 34.6 Å². The minimum Gasteiger partial charge on any atom is -0.427 e. The van der Waals surface area contributed by atoms with E-state index in [1.807, 2.05) is 78.6 Å². The monoisotopic (exact) mass is 744 g/mol. The van der Waals surface area contributed by atoms with Crippen molar-refractivity contribution in [3.8, 4) is 5.75 Å². The molecule has 6 rings (SSSR count). The van der Waals surface area contributed by atoms with Gasteiger partial charge >= 0.3 is 12.0 Å². The van der Waals surface area contributed by atoms with E-state index in [4.69, 9.17) is 4.74 Å². The molecule has 2 heterocycles. The summed E-state index contributed by atoms with van der Waals surface area (Å²) in [6.45, 7) is 5.11. The Bertz CT molecular complexity index is 1890. The predicted octanol–water partition coefficient (Wildman–Crippen LogP) is 8.78. The van der Waals surface area contributed by atoms with Crippen LogP contribution in [0, 0.1) is 0 Å². The molecule has 55 heavy (non-hydrogen) atoms. The zero-order valence-electron chi connectivity index (χ0n) is 32.5. The van der Waals surface area contributed by atoms with Crippen LogP contribution in [-0.2, 0) is 33.9 Å². The van der Waals surface area contributed by atoms with E-state index in [0.29, 0.717) is 25.3 Å². The summed E-state index contributed by atoms with van der Waals surface area (Å²) >= 11 is 0. The van der Waals surface area contributed by atoms with Gasteiger partial charge in [-0.15, -0.1) is 0 Å². The lowest BCUT2D eigenvalue weighted by atomic mass is 9.93. The number of hydrogen-bond acceptors (Lipinski definition) is 5. The summed E-state index contributed by atoms with van der Waals surface area (Å²) in [6.07, 6.45) is 10.7. The number of ether oxygens (including phenoxy) is 1. The number of unbranched alkanes of at least 4 members (excludes halogenated alkanes) is 8. The topological polar surface area (TPSA) is 99.3 Å². The molecule has 1 N–H and O–H groups in total. The molecule has 0 spiro atoms. The second-order valence-corrected chi connectivity index (χ2v) is 15.1. The second-order valence-electron chi connectivity index (χ2n) is 15.1. The minimum atomic E-state index is -0.826. The van der Waals surface area contributed by atoms with Crippen LogP contribution in [0.15, 0.2) is 97.1 Å². The van der Waals surface area contributed by atoms with Gasteiger partial charge in [0.25, 0.3) is 0 Å². The molecule has 9 nitrogen and oxygen atoms in total. The van der Waals surface area contributed by atoms with Gasteiger partial charge in [0.2, 0.25) is 11.8 Å². The van der Waals surface area contributed by atoms with Gasteiger partial charge in [-0.25, -0.2) is 4.79 Å². The second kappa shape index (κ2) is 19.4. The molecule has 2 aliphatic heterocycles. The van der Waals surface area contributed by atoms with Crippen molar-refractivity contribution in [2.24, 2.45) is 0 Å². The van der Waals surface area contributed by atoms with Crippen LogP contribution in [0.1, 0.15) is 101 Å². The third-order valence-electron chi connectivity index (χ3n) is 11.1. The fraction of sp³-hybridized carbons (Fsp3) is 0.435. The molecule has 290 valence electrons. The standard InChI is InChI=1S/C46H56N4O5/c1-3-4-5-6-7-8-9-10-14-24-43(52)55-39-27-25-35(26-28-39)31-41-45(53)49(33-38-22-17-21-37-20-15-16-23-40(37)38)34(2)44-48(30-29-42(51)50(41)44)46(54)47-32-36-18-12-11-13-19-36/h11-13,15-23,25-28,34,41,44H,3-10,14,24,29-33H2,1-2H3,(H,47,54)/t34-,41-,44+/m0/s1. The number of piperazine rings is 1. The number of urea groups is 1. The molecule has 0 aliphatic carbocycles. The van der Waals surface area contributed by atoms with Gasteiger partial charge in [-0.1, -0.05) is 143 Å². The molecule has 2 fully saturated rings. The summed E-state index contributed by atoms with van der Waals surface area (Å²) in [5, 5.41) is 5.20. The Morgan fingerprint density at radius 1 is 0.764 bits per heavy atom. The average molecular weight is 745 g/mol. The van der Waals surface area contributed by atoms with E-state index >= 15 is 0 Å². The Morgan fingerprint density at radius 3 is 2.18 bits per heavy atom. The number of hydrogen-bond donors (Lipinski definition) is 1. The maximum atomic E-state index is 14.6. The number of esters is 1. The van der Waals surface area contributed by atoms with Gasteiger partial charge in [0, 0.05) is 38.9 Å². The van der Waals surface area contributed by atoms with Gasteiger partial charge in [0.05, 0.1) is 6.04 Å². The van der Waals surface area contributed by atoms with Crippen LogP contribution in [0.25, 0.3) is 10.8 Å². The highest BCUT2D eigenvalue weighted by Gasteiger charge is 2.52. The predicted molar refractivity (Wildman–Crippen MR) is 216 cm³/mol. The molecular weight excluding hydrogens is 689 g/mol. The summed E-state index contributed by atoms with van der Waals surface area (Å²) in [5.41, 5.74) is 2.80. The van der Waals surface area contributed by atoms with E-state index in [2.05, 4.69) is 30.4 Å². The Morgan fingerprint density at radius 2 is 1.44 bits per heavy atom. The number of carbonyl (C=O) groups is 4. The summed E-state index contributed by atoms with van der Waals surface area (Å²) in [6, 6.07) is 29.6. The Kier molecular flexibility index (Phi) is 14.0. The first-order valence-corrected chi connectivity index (χ1v) is 20.3. The molecule has 9 heteroatoms. The van der Waals surface area contributed by atoms with E-state index < -0.39 is 18.2 Å². The smallest absolute Gasteiger partial charge is 0.319 e. The van der Waals surface area contributed by atoms with Gasteiger partial charge in [-0.3, -0.25) is 14.4 Å². The zero-order valence-corrected chi connectivity index (χ0v) is 32.5. The maximum absolute atomic E-state index is 14.6. The number of fused-ring (bicyclic) bond motifs is 2. The first kappa shape index (κ1) is 39.5. The number of nitrogens with one attached hydrogen (secondary N) is 1. The van der Waals surface area contributed by atoms with E-state index in [9.17, 15) is 19.2 Å². The molecule has 4 aromatic carbocycles. The Labute approximate surface area is 326 Å². The van der Waals surface area contributed by atoms with E-state index in [1.165, 1.54) is 38.5 Å². The molecule has 0 aromatic heterocycles. The van der Waals surface area contributed by atoms with Crippen LogP contribution < -0.4 is 10.1 Å². The third kappa shape index (κ3) is 10.1. The minimum absolute atomic E-state index is 0.128. The van der Waals surface area contributed by atoms with E-state index in [-0.39, 0.29) is 43.2 Å². The maximum Gasteiger partial charge on any atom is 0.319 e. The van der Waals surface area contributed by atoms with Crippen molar-refractivity contribution in [2.75, 3.05) is 6.54 Å². The largest absolute Gasteiger partial charge is 0.427 e. The van der Waals surface area contributed by atoms with Crippen molar-refractivity contribution in [2.45, 2.75) is 122 Å². The number of carbonyl (C=O) groups excluding carboxylic acids is 4. The highest BCUT2D eigenvalue weighted by atomic mass is 16.5. The van der Waals surface area contributed by atoms with Crippen molar-refractivity contribution in [1.29, 1.82) is 0 Å². The van der Waals surface area contributed by atoms with Crippen molar-refractivity contribution in [1.82, 2.24) is 20.0 Å². The van der Waals surface area contributed by atoms with Gasteiger partial charge < -0.3 is 24.8 Å². The first-order chi connectivity index (χ1) is 26.8. The number of nitrogens with zero attached hydrogens (tertiary/aromatic N) is 3. The van der Waals surface area contributed by atoms with Crippen LogP contribution in [0.2, 0.25) is 0 Å². The molecular formula is C46H56N4O5. The molecule has 2 aliphatic rings. The van der Waals surface area contributed by atoms with Crippen molar-refractivity contribution in [3.63, 3.8) is 0 Å². The number of benzene rings is 4. The van der Waals surface area contributed by atoms with Gasteiger partial charge in [-0.2, -0.15) is 0 Å². The van der Waals surface area contributed by atoms with Crippen LogP contribution in [-0.4, -0.2) is 63.3 Å². The summed E-state index contributed by atoms with van der Waals surface area (Å²) < 4.78 is 5.65. The van der Waals surface area contributed by atoms with Gasteiger partial charge in [0.1, 0.15) is 18.0 Å². The first-order valence-electron chi connectivity index (χ1n) is 20.3. The summed E-state index contributed by atoms with van der Waals surface area (Å²) in [4.78, 5) is 60.2. The molecule has 3 atom stereocenters. The molecule has 0 bridgehead atoms. The van der Waals surface area contributed by atoms with E-state index in [0.717, 1.165) is 46.7 Å². The SMILES string of the molecule is CCCCCCCCCCCC(=O)Oc1ccc(C[C@H]2C(=O)N(Cc3cccc4ccccc34)[C@@H](C)[C@@H]3N(C(=O)NCc4ccccc4)CCC(=O)N32)cc1. The highest BCUT2D eigenvalue weighted by molar-refractivity contribution is 5.92. The lowest BCUT2D eigenvalue weighted by molar-refractivity contribution is -0.173. The van der Waals surface area contributed by atoms with Crippen molar-refractivity contribution < 1.29 is 23.9 Å². The lowest BCUT2D eigenvalue weighted by Crippen LogP contribution is -2.75. The van der Waals surface area contributed by atoms with Crippen molar-refractivity contribution in [3.05, 3.63) is 114 Å². The normalized spacial score (nSPS) is 18.4. The Balaban J connectivity index is 1.16. The molecule has 0 saturated carbocycles. The summed E-state index contributed by atoms with van der Waals surface area (Å²) in [7, 11) is 0. The fourth-order valence-corrected chi connectivity index (χ4v) is 8.10. The van der Waals surface area contributed by atoms with Crippen LogP contribution in [0.4, 0.5) is 4.79 Å². The van der Waals surface area contributed by atoms with Gasteiger partial charge in [-0.05, 0) is 52.9 Å². The number of rotatable bonds is 17. The molecule has 0 unspecified atom stereocenters. The molecule has 4 aromatic rings. The highest BCUT2D eigenvalue weighted by Crippen LogP contribution is 2.34. The Hall–Kier alpha value is -5.18. The molecule has 4 amide bonds. The van der Waals surface area contributed by atoms with Crippen LogP contribution in [0.3, 0.4) is 0 Å². The lowest BCUT2D eigenvalue weighted by Gasteiger charge is -2.55. The quantitative estimate of drug-likeness (QED) is 0.0662. The van der Waals surface area contributed by atoms with E-state index in [1.54, 1.807) is 21.9 Å².